The van der Waals surface area contributed by atoms with Crippen LogP contribution in [0, 0.1) is 5.41 Å². The van der Waals surface area contributed by atoms with E-state index in [9.17, 15) is 0 Å². The van der Waals surface area contributed by atoms with Gasteiger partial charge in [0.15, 0.2) is 0 Å². The minimum absolute atomic E-state index is 0.427. The summed E-state index contributed by atoms with van der Waals surface area (Å²) in [7, 11) is 0. The lowest BCUT2D eigenvalue weighted by Gasteiger charge is -2.37. The lowest BCUT2D eigenvalue weighted by molar-refractivity contribution is 0.104. The van der Waals surface area contributed by atoms with E-state index in [0.29, 0.717) is 5.41 Å². The van der Waals surface area contributed by atoms with Crippen LogP contribution in [0.1, 0.15) is 20.8 Å². The molecule has 0 spiro atoms. The van der Waals surface area contributed by atoms with Gasteiger partial charge in [0.1, 0.15) is 0 Å². The minimum atomic E-state index is 0.427. The fourth-order valence-electron chi connectivity index (χ4n) is 2.02. The normalized spacial score (nSPS) is 21.4. The third-order valence-electron chi connectivity index (χ3n) is 2.61. The second-order valence-electron chi connectivity index (χ2n) is 5.47. The predicted octanol–water partition coefficient (Wildman–Crippen LogP) is 0.609. The van der Waals surface area contributed by atoms with Crippen molar-refractivity contribution in [1.82, 2.24) is 9.80 Å². The van der Waals surface area contributed by atoms with Crippen molar-refractivity contribution in [3.05, 3.63) is 0 Å². The molecule has 0 aromatic rings. The Kier molecular flexibility index (Phi) is 4.35. The molecular formula is C11H25N3. The Bertz CT molecular complexity index is 154. The largest absolute Gasteiger partial charge is 0.329 e. The fourth-order valence-corrected chi connectivity index (χ4v) is 2.02. The average Bonchev–Trinajstić information content (AvgIpc) is 2.06. The summed E-state index contributed by atoms with van der Waals surface area (Å²) < 4.78 is 0. The molecule has 14 heavy (non-hydrogen) atoms. The van der Waals surface area contributed by atoms with Crippen LogP contribution < -0.4 is 5.73 Å². The maximum atomic E-state index is 5.54. The highest BCUT2D eigenvalue weighted by atomic mass is 15.3. The van der Waals surface area contributed by atoms with Crippen LogP contribution in [-0.4, -0.2) is 55.6 Å². The number of hydrogen-bond donors (Lipinski definition) is 1. The molecule has 0 radical (unpaired) electrons. The summed E-state index contributed by atoms with van der Waals surface area (Å²) in [5.74, 6) is 0. The zero-order valence-corrected chi connectivity index (χ0v) is 9.92. The third kappa shape index (κ3) is 4.40. The SMILES string of the molecule is CC(C)(C)CN1CCN(CCN)CC1. The number of hydrogen-bond acceptors (Lipinski definition) is 3. The molecule has 0 aliphatic carbocycles. The third-order valence-corrected chi connectivity index (χ3v) is 2.61. The average molecular weight is 199 g/mol. The molecule has 2 N–H and O–H groups in total. The van der Waals surface area contributed by atoms with E-state index in [0.717, 1.165) is 13.1 Å². The van der Waals surface area contributed by atoms with Gasteiger partial charge in [-0.25, -0.2) is 0 Å². The second kappa shape index (κ2) is 5.10. The molecule has 3 heteroatoms. The molecule has 0 saturated carbocycles. The predicted molar refractivity (Wildman–Crippen MR) is 61.4 cm³/mol. The highest BCUT2D eigenvalue weighted by Gasteiger charge is 2.20. The molecule has 0 aromatic carbocycles. The van der Waals surface area contributed by atoms with Gasteiger partial charge in [0.2, 0.25) is 0 Å². The van der Waals surface area contributed by atoms with Crippen molar-refractivity contribution in [3.8, 4) is 0 Å². The van der Waals surface area contributed by atoms with E-state index in [-0.39, 0.29) is 0 Å². The molecule has 0 atom stereocenters. The minimum Gasteiger partial charge on any atom is -0.329 e. The van der Waals surface area contributed by atoms with Crippen molar-refractivity contribution in [2.75, 3.05) is 45.8 Å². The lowest BCUT2D eigenvalue weighted by atomic mass is 9.96. The summed E-state index contributed by atoms with van der Waals surface area (Å²) in [6.07, 6.45) is 0. The molecule has 84 valence electrons. The van der Waals surface area contributed by atoms with Crippen molar-refractivity contribution in [2.24, 2.45) is 11.1 Å². The standard InChI is InChI=1S/C11H25N3/c1-11(2,3)10-14-8-6-13(5-4-12)7-9-14/h4-10,12H2,1-3H3. The summed E-state index contributed by atoms with van der Waals surface area (Å²) >= 11 is 0. The maximum absolute atomic E-state index is 5.54. The Balaban J connectivity index is 2.22. The first kappa shape index (κ1) is 12.0. The molecule has 1 saturated heterocycles. The summed E-state index contributed by atoms with van der Waals surface area (Å²) in [4.78, 5) is 5.02. The monoisotopic (exact) mass is 199 g/mol. The van der Waals surface area contributed by atoms with Crippen LogP contribution in [0.25, 0.3) is 0 Å². The van der Waals surface area contributed by atoms with Gasteiger partial charge < -0.3 is 10.6 Å². The summed E-state index contributed by atoms with van der Waals surface area (Å²) in [5.41, 5.74) is 5.97. The second-order valence-corrected chi connectivity index (χ2v) is 5.47. The first-order chi connectivity index (χ1) is 6.51. The molecule has 1 fully saturated rings. The van der Waals surface area contributed by atoms with E-state index in [4.69, 9.17) is 5.73 Å². The van der Waals surface area contributed by atoms with Crippen molar-refractivity contribution in [3.63, 3.8) is 0 Å². The Labute approximate surface area is 88.2 Å². The van der Waals surface area contributed by atoms with E-state index in [2.05, 4.69) is 30.6 Å². The van der Waals surface area contributed by atoms with Gasteiger partial charge in [0.25, 0.3) is 0 Å². The summed E-state index contributed by atoms with van der Waals surface area (Å²) in [6, 6.07) is 0. The zero-order chi connectivity index (χ0) is 10.6. The zero-order valence-electron chi connectivity index (χ0n) is 9.92. The number of piperazine rings is 1. The van der Waals surface area contributed by atoms with Gasteiger partial charge in [0.05, 0.1) is 0 Å². The van der Waals surface area contributed by atoms with Crippen LogP contribution in [-0.2, 0) is 0 Å². The Hall–Kier alpha value is -0.120. The van der Waals surface area contributed by atoms with Gasteiger partial charge in [-0.1, -0.05) is 20.8 Å². The molecular weight excluding hydrogens is 174 g/mol. The van der Waals surface area contributed by atoms with Crippen LogP contribution in [0.15, 0.2) is 0 Å². The maximum Gasteiger partial charge on any atom is 0.0110 e. The number of nitrogens with zero attached hydrogens (tertiary/aromatic N) is 2. The molecule has 1 aliphatic heterocycles. The van der Waals surface area contributed by atoms with Crippen LogP contribution in [0.2, 0.25) is 0 Å². The van der Waals surface area contributed by atoms with Crippen molar-refractivity contribution in [2.45, 2.75) is 20.8 Å². The van der Waals surface area contributed by atoms with Crippen LogP contribution in [0.3, 0.4) is 0 Å². The smallest absolute Gasteiger partial charge is 0.0110 e. The van der Waals surface area contributed by atoms with E-state index < -0.39 is 0 Å². The topological polar surface area (TPSA) is 32.5 Å². The summed E-state index contributed by atoms with van der Waals surface area (Å²) in [6.45, 7) is 14.8. The quantitative estimate of drug-likeness (QED) is 0.723. The molecule has 3 nitrogen and oxygen atoms in total. The Morgan fingerprint density at radius 1 is 1.00 bits per heavy atom. The molecule has 0 aromatic heterocycles. The van der Waals surface area contributed by atoms with Gasteiger partial charge in [-0.15, -0.1) is 0 Å². The number of nitrogens with two attached hydrogens (primary N) is 1. The molecule has 1 aliphatic rings. The number of rotatable bonds is 3. The first-order valence-electron chi connectivity index (χ1n) is 5.66. The van der Waals surface area contributed by atoms with Gasteiger partial charge >= 0.3 is 0 Å². The van der Waals surface area contributed by atoms with E-state index in [1.54, 1.807) is 0 Å². The van der Waals surface area contributed by atoms with Gasteiger partial charge in [-0.3, -0.25) is 4.90 Å². The van der Waals surface area contributed by atoms with E-state index in [1.807, 2.05) is 0 Å². The Morgan fingerprint density at radius 3 is 1.93 bits per heavy atom. The molecule has 0 unspecified atom stereocenters. The van der Waals surface area contributed by atoms with Crippen LogP contribution >= 0.6 is 0 Å². The van der Waals surface area contributed by atoms with E-state index in [1.165, 1.54) is 32.7 Å². The van der Waals surface area contributed by atoms with Crippen LogP contribution in [0.4, 0.5) is 0 Å². The summed E-state index contributed by atoms with van der Waals surface area (Å²) in [5, 5.41) is 0. The van der Waals surface area contributed by atoms with Gasteiger partial charge in [0, 0.05) is 45.8 Å². The first-order valence-corrected chi connectivity index (χ1v) is 5.66. The van der Waals surface area contributed by atoms with Gasteiger partial charge in [-0.2, -0.15) is 0 Å². The van der Waals surface area contributed by atoms with Crippen LogP contribution in [0.5, 0.6) is 0 Å². The molecule has 0 bridgehead atoms. The highest BCUT2D eigenvalue weighted by molar-refractivity contribution is 4.76. The van der Waals surface area contributed by atoms with Crippen molar-refractivity contribution >= 4 is 0 Å². The van der Waals surface area contributed by atoms with Crippen molar-refractivity contribution in [1.29, 1.82) is 0 Å². The highest BCUT2D eigenvalue weighted by Crippen LogP contribution is 2.16. The Morgan fingerprint density at radius 2 is 1.50 bits per heavy atom. The molecule has 1 heterocycles. The lowest BCUT2D eigenvalue weighted by Crippen LogP contribution is -2.49. The van der Waals surface area contributed by atoms with Gasteiger partial charge in [-0.05, 0) is 5.41 Å². The van der Waals surface area contributed by atoms with E-state index >= 15 is 0 Å². The molecule has 0 amide bonds. The molecule has 1 rings (SSSR count). The fraction of sp³-hybridized carbons (Fsp3) is 1.00. The van der Waals surface area contributed by atoms with Crippen molar-refractivity contribution < 1.29 is 0 Å².